The predicted octanol–water partition coefficient (Wildman–Crippen LogP) is -0.832. The van der Waals surface area contributed by atoms with E-state index in [1.54, 1.807) is 0 Å². The van der Waals surface area contributed by atoms with Crippen LogP contribution in [0, 0.1) is 0 Å². The second kappa shape index (κ2) is 25.1. The van der Waals surface area contributed by atoms with Gasteiger partial charge in [0.15, 0.2) is 0 Å². The number of rotatable bonds is 0. The van der Waals surface area contributed by atoms with Gasteiger partial charge in [0.25, 0.3) is 0 Å². The molecule has 0 amide bonds. The summed E-state index contributed by atoms with van der Waals surface area (Å²) in [5, 5.41) is 0. The molecular formula is H2CoNi2O. The minimum atomic E-state index is 0. The first-order chi connectivity index (χ1) is 0. The SMILES string of the molecule is O.[Co].[Ni].[Ni]. The summed E-state index contributed by atoms with van der Waals surface area (Å²) in [4.78, 5) is 0. The van der Waals surface area contributed by atoms with Gasteiger partial charge in [-0.25, -0.2) is 0 Å². The van der Waals surface area contributed by atoms with Crippen LogP contribution in [-0.2, 0) is 49.8 Å². The average molecular weight is 194 g/mol. The summed E-state index contributed by atoms with van der Waals surface area (Å²) in [6.45, 7) is 0. The van der Waals surface area contributed by atoms with Gasteiger partial charge in [-0.1, -0.05) is 0 Å². The van der Waals surface area contributed by atoms with E-state index in [1.165, 1.54) is 0 Å². The standard InChI is InChI=1S/Co.2Ni.H2O/h;;;1H2. The van der Waals surface area contributed by atoms with Crippen LogP contribution in [-0.4, -0.2) is 5.48 Å². The number of hydrogen-bond donors (Lipinski definition) is 0. The van der Waals surface area contributed by atoms with E-state index in [0.717, 1.165) is 0 Å². The Bertz CT molecular complexity index is 6.00. The minimum absolute atomic E-state index is 0. The van der Waals surface area contributed by atoms with Crippen molar-refractivity contribution in [3.63, 3.8) is 0 Å². The molecule has 0 aliphatic heterocycles. The summed E-state index contributed by atoms with van der Waals surface area (Å²) in [6, 6.07) is 0. The van der Waals surface area contributed by atoms with Gasteiger partial charge in [0.2, 0.25) is 0 Å². The molecule has 0 saturated heterocycles. The Kier molecular flexibility index (Phi) is 322. The van der Waals surface area contributed by atoms with Crippen molar-refractivity contribution in [3.05, 3.63) is 0 Å². The topological polar surface area (TPSA) is 31.5 Å². The maximum atomic E-state index is 0. The van der Waals surface area contributed by atoms with E-state index in [1.807, 2.05) is 0 Å². The van der Waals surface area contributed by atoms with Crippen molar-refractivity contribution < 1.29 is 55.2 Å². The molecule has 1 radical (unpaired) electrons. The van der Waals surface area contributed by atoms with Gasteiger partial charge in [0, 0.05) is 49.8 Å². The van der Waals surface area contributed by atoms with E-state index in [9.17, 15) is 0 Å². The predicted molar refractivity (Wildman–Crippen MR) is 3.61 cm³/mol. The zero-order valence-corrected chi connectivity index (χ0v) is 4.48. The van der Waals surface area contributed by atoms with Gasteiger partial charge >= 0.3 is 0 Å². The second-order valence-electron chi connectivity index (χ2n) is 0. The molecule has 0 aliphatic carbocycles. The molecule has 2 N–H and O–H groups in total. The first-order valence-electron chi connectivity index (χ1n) is 0. The van der Waals surface area contributed by atoms with Crippen LogP contribution in [0.5, 0.6) is 0 Å². The van der Waals surface area contributed by atoms with Gasteiger partial charge in [-0.05, 0) is 0 Å². The fourth-order valence-electron chi connectivity index (χ4n) is 0. The van der Waals surface area contributed by atoms with Crippen LogP contribution in [0.1, 0.15) is 0 Å². The molecule has 1 nitrogen and oxygen atoms in total. The monoisotopic (exact) mass is 193 g/mol. The summed E-state index contributed by atoms with van der Waals surface area (Å²) in [5.41, 5.74) is 0. The smallest absolute Gasteiger partial charge is 0 e. The van der Waals surface area contributed by atoms with E-state index < -0.39 is 0 Å². The molecule has 0 spiro atoms. The molecular weight excluding hydrogens is 192 g/mol. The van der Waals surface area contributed by atoms with Crippen LogP contribution >= 0.6 is 0 Å². The quantitative estimate of drug-likeness (QED) is 0.451. The Labute approximate surface area is 55.3 Å². The Hall–Kier alpha value is 1.45. The molecule has 0 aliphatic rings. The third-order valence-electron chi connectivity index (χ3n) is 0. The third kappa shape index (κ3) is 9.84. The zero-order chi connectivity index (χ0) is 0. The molecule has 4 heteroatoms. The van der Waals surface area contributed by atoms with Crippen LogP contribution < -0.4 is 0 Å². The van der Waals surface area contributed by atoms with Gasteiger partial charge in [0.05, 0.1) is 0 Å². The molecule has 37 valence electrons. The maximum Gasteiger partial charge on any atom is 0 e. The van der Waals surface area contributed by atoms with Crippen molar-refractivity contribution >= 4 is 0 Å². The van der Waals surface area contributed by atoms with Gasteiger partial charge < -0.3 is 5.48 Å². The molecule has 0 aromatic carbocycles. The maximum absolute atomic E-state index is 0. The van der Waals surface area contributed by atoms with E-state index in [2.05, 4.69) is 0 Å². The Morgan fingerprint density at radius 3 is 0.750 bits per heavy atom. The largest absolute Gasteiger partial charge is 0.412 e. The van der Waals surface area contributed by atoms with Crippen molar-refractivity contribution in [2.75, 3.05) is 0 Å². The molecule has 0 heterocycles. The Morgan fingerprint density at radius 1 is 0.750 bits per heavy atom. The van der Waals surface area contributed by atoms with E-state index in [4.69, 9.17) is 0 Å². The van der Waals surface area contributed by atoms with Crippen molar-refractivity contribution in [3.8, 4) is 0 Å². The van der Waals surface area contributed by atoms with Crippen LogP contribution in [0.3, 0.4) is 0 Å². The normalized spacial score (nSPS) is 0. The van der Waals surface area contributed by atoms with Crippen molar-refractivity contribution in [2.45, 2.75) is 0 Å². The second-order valence-corrected chi connectivity index (χ2v) is 0. The van der Waals surface area contributed by atoms with Crippen molar-refractivity contribution in [1.29, 1.82) is 0 Å². The van der Waals surface area contributed by atoms with E-state index >= 15 is 0 Å². The van der Waals surface area contributed by atoms with Crippen molar-refractivity contribution in [1.82, 2.24) is 0 Å². The van der Waals surface area contributed by atoms with E-state index in [-0.39, 0.29) is 55.2 Å². The zero-order valence-electron chi connectivity index (χ0n) is 1.47. The molecule has 0 fully saturated rings. The van der Waals surface area contributed by atoms with Gasteiger partial charge in [-0.2, -0.15) is 0 Å². The number of hydrogen-bond acceptors (Lipinski definition) is 0. The van der Waals surface area contributed by atoms with Crippen LogP contribution in [0.25, 0.3) is 0 Å². The van der Waals surface area contributed by atoms with Crippen LogP contribution in [0.4, 0.5) is 0 Å². The van der Waals surface area contributed by atoms with E-state index in [0.29, 0.717) is 0 Å². The minimum Gasteiger partial charge on any atom is -0.412 e. The summed E-state index contributed by atoms with van der Waals surface area (Å²) in [5.74, 6) is 0. The molecule has 0 aromatic rings. The van der Waals surface area contributed by atoms with Crippen LogP contribution in [0.2, 0.25) is 0 Å². The third-order valence-corrected chi connectivity index (χ3v) is 0. The average Bonchev–Trinajstić information content (AvgIpc) is 0. The Balaban J connectivity index is 0. The molecule has 4 heavy (non-hydrogen) atoms. The summed E-state index contributed by atoms with van der Waals surface area (Å²) in [6.07, 6.45) is 0. The fraction of sp³-hybridized carbons (Fsp3) is 0. The van der Waals surface area contributed by atoms with Gasteiger partial charge in [-0.3, -0.25) is 0 Å². The van der Waals surface area contributed by atoms with Gasteiger partial charge in [0.1, 0.15) is 0 Å². The van der Waals surface area contributed by atoms with Gasteiger partial charge in [-0.15, -0.1) is 0 Å². The summed E-state index contributed by atoms with van der Waals surface area (Å²) >= 11 is 0. The van der Waals surface area contributed by atoms with Crippen LogP contribution in [0.15, 0.2) is 0 Å². The van der Waals surface area contributed by atoms with Crippen molar-refractivity contribution in [2.24, 2.45) is 0 Å². The molecule has 0 bridgehead atoms. The molecule has 0 saturated carbocycles. The fourth-order valence-corrected chi connectivity index (χ4v) is 0. The Morgan fingerprint density at radius 2 is 0.750 bits per heavy atom. The first kappa shape index (κ1) is 51.2. The molecule has 0 unspecified atom stereocenters. The molecule has 0 rings (SSSR count). The first-order valence-corrected chi connectivity index (χ1v) is 0. The molecule has 0 aromatic heterocycles. The summed E-state index contributed by atoms with van der Waals surface area (Å²) in [7, 11) is 0. The molecule has 0 atom stereocenters. The summed E-state index contributed by atoms with van der Waals surface area (Å²) < 4.78 is 0.